The third kappa shape index (κ3) is 3.31. The standard InChI is InChI=1S/C19H27NO3/c1-22-15-10-11-18(23-2)16(13-15)17-9-6-12-20(17)19(21)14-7-4-3-5-8-14/h10-11,13-14,17H,3-9,12H2,1-2H3. The minimum Gasteiger partial charge on any atom is -0.497 e. The second kappa shape index (κ2) is 7.24. The molecule has 2 aliphatic rings. The van der Waals surface area contributed by atoms with Gasteiger partial charge in [-0.2, -0.15) is 0 Å². The van der Waals surface area contributed by atoms with Crippen molar-refractivity contribution in [3.63, 3.8) is 0 Å². The first-order valence-corrected chi connectivity index (χ1v) is 8.77. The van der Waals surface area contributed by atoms with Crippen LogP contribution in [-0.2, 0) is 4.79 Å². The number of benzene rings is 1. The second-order valence-corrected chi connectivity index (χ2v) is 6.63. The van der Waals surface area contributed by atoms with Gasteiger partial charge in [0.2, 0.25) is 5.91 Å². The highest BCUT2D eigenvalue weighted by molar-refractivity contribution is 5.80. The highest BCUT2D eigenvalue weighted by atomic mass is 16.5. The van der Waals surface area contributed by atoms with Crippen LogP contribution < -0.4 is 9.47 Å². The van der Waals surface area contributed by atoms with E-state index < -0.39 is 0 Å². The van der Waals surface area contributed by atoms with Crippen LogP contribution in [0.4, 0.5) is 0 Å². The van der Waals surface area contributed by atoms with E-state index in [-0.39, 0.29) is 12.0 Å². The maximum atomic E-state index is 13.0. The van der Waals surface area contributed by atoms with Gasteiger partial charge in [0.25, 0.3) is 0 Å². The van der Waals surface area contributed by atoms with Crippen molar-refractivity contribution in [3.05, 3.63) is 23.8 Å². The molecule has 0 bridgehead atoms. The van der Waals surface area contributed by atoms with E-state index in [9.17, 15) is 4.79 Å². The van der Waals surface area contributed by atoms with E-state index in [4.69, 9.17) is 9.47 Å². The summed E-state index contributed by atoms with van der Waals surface area (Å²) in [5.74, 6) is 2.23. The number of hydrogen-bond acceptors (Lipinski definition) is 3. The summed E-state index contributed by atoms with van der Waals surface area (Å²) in [5.41, 5.74) is 1.08. The minimum absolute atomic E-state index is 0.120. The zero-order valence-electron chi connectivity index (χ0n) is 14.2. The molecule has 1 amide bonds. The molecule has 1 heterocycles. The fourth-order valence-electron chi connectivity index (χ4n) is 4.04. The predicted octanol–water partition coefficient (Wildman–Crippen LogP) is 3.95. The highest BCUT2D eigenvalue weighted by Gasteiger charge is 2.35. The second-order valence-electron chi connectivity index (χ2n) is 6.63. The van der Waals surface area contributed by atoms with E-state index in [1.165, 1.54) is 19.3 Å². The van der Waals surface area contributed by atoms with Gasteiger partial charge in [0.15, 0.2) is 0 Å². The number of amides is 1. The zero-order valence-corrected chi connectivity index (χ0v) is 14.2. The van der Waals surface area contributed by atoms with Gasteiger partial charge in [-0.3, -0.25) is 4.79 Å². The molecule has 1 saturated heterocycles. The molecule has 2 fully saturated rings. The van der Waals surface area contributed by atoms with Crippen LogP contribution >= 0.6 is 0 Å². The van der Waals surface area contributed by atoms with Crippen molar-refractivity contribution >= 4 is 5.91 Å². The van der Waals surface area contributed by atoms with E-state index in [2.05, 4.69) is 4.90 Å². The summed E-state index contributed by atoms with van der Waals surface area (Å²) in [6.07, 6.45) is 7.83. The average molecular weight is 317 g/mol. The third-order valence-corrected chi connectivity index (χ3v) is 5.29. The van der Waals surface area contributed by atoms with Crippen molar-refractivity contribution in [2.75, 3.05) is 20.8 Å². The van der Waals surface area contributed by atoms with Gasteiger partial charge in [-0.05, 0) is 43.9 Å². The van der Waals surface area contributed by atoms with Gasteiger partial charge in [0.1, 0.15) is 11.5 Å². The molecular formula is C19H27NO3. The van der Waals surface area contributed by atoms with Crippen LogP contribution in [0.1, 0.15) is 56.6 Å². The van der Waals surface area contributed by atoms with Crippen molar-refractivity contribution in [2.24, 2.45) is 5.92 Å². The molecule has 1 aromatic rings. The maximum absolute atomic E-state index is 13.0. The van der Waals surface area contributed by atoms with Gasteiger partial charge in [-0.25, -0.2) is 0 Å². The number of likely N-dealkylation sites (tertiary alicyclic amines) is 1. The summed E-state index contributed by atoms with van der Waals surface area (Å²) in [5, 5.41) is 0. The van der Waals surface area contributed by atoms with Crippen LogP contribution in [0.2, 0.25) is 0 Å². The fourth-order valence-corrected chi connectivity index (χ4v) is 4.04. The first-order valence-electron chi connectivity index (χ1n) is 8.77. The first-order chi connectivity index (χ1) is 11.2. The Balaban J connectivity index is 1.84. The molecule has 0 aromatic heterocycles. The van der Waals surface area contributed by atoms with Gasteiger partial charge >= 0.3 is 0 Å². The van der Waals surface area contributed by atoms with Crippen molar-refractivity contribution in [1.29, 1.82) is 0 Å². The van der Waals surface area contributed by atoms with Crippen LogP contribution in [0.25, 0.3) is 0 Å². The zero-order chi connectivity index (χ0) is 16.2. The van der Waals surface area contributed by atoms with E-state index in [1.807, 2.05) is 18.2 Å². The number of ether oxygens (including phenoxy) is 2. The number of hydrogen-bond donors (Lipinski definition) is 0. The van der Waals surface area contributed by atoms with Gasteiger partial charge in [0, 0.05) is 18.0 Å². The smallest absolute Gasteiger partial charge is 0.226 e. The molecule has 3 rings (SSSR count). The average Bonchev–Trinajstić information content (AvgIpc) is 3.10. The molecule has 0 N–H and O–H groups in total. The van der Waals surface area contributed by atoms with Gasteiger partial charge < -0.3 is 14.4 Å². The molecule has 0 radical (unpaired) electrons. The van der Waals surface area contributed by atoms with Crippen LogP contribution in [0.3, 0.4) is 0 Å². The van der Waals surface area contributed by atoms with Crippen LogP contribution in [0, 0.1) is 5.92 Å². The van der Waals surface area contributed by atoms with E-state index >= 15 is 0 Å². The molecule has 1 unspecified atom stereocenters. The number of nitrogens with zero attached hydrogens (tertiary/aromatic N) is 1. The van der Waals surface area contributed by atoms with Crippen LogP contribution in [-0.4, -0.2) is 31.6 Å². The normalized spacial score (nSPS) is 22.2. The van der Waals surface area contributed by atoms with Gasteiger partial charge in [0.05, 0.1) is 20.3 Å². The van der Waals surface area contributed by atoms with Crippen molar-refractivity contribution in [3.8, 4) is 11.5 Å². The highest BCUT2D eigenvalue weighted by Crippen LogP contribution is 2.40. The van der Waals surface area contributed by atoms with Crippen molar-refractivity contribution in [2.45, 2.75) is 51.0 Å². The summed E-state index contributed by atoms with van der Waals surface area (Å²) in [7, 11) is 3.36. The van der Waals surface area contributed by atoms with Crippen molar-refractivity contribution in [1.82, 2.24) is 4.90 Å². The largest absolute Gasteiger partial charge is 0.497 e. The van der Waals surface area contributed by atoms with Crippen LogP contribution in [0.15, 0.2) is 18.2 Å². The van der Waals surface area contributed by atoms with E-state index in [0.717, 1.165) is 49.3 Å². The summed E-state index contributed by atoms with van der Waals surface area (Å²) in [4.78, 5) is 15.1. The number of methoxy groups -OCH3 is 2. The number of rotatable bonds is 4. The Morgan fingerprint density at radius 2 is 1.83 bits per heavy atom. The van der Waals surface area contributed by atoms with E-state index in [0.29, 0.717) is 5.91 Å². The Morgan fingerprint density at radius 1 is 1.04 bits per heavy atom. The Labute approximate surface area is 138 Å². The molecule has 1 aliphatic heterocycles. The lowest BCUT2D eigenvalue weighted by atomic mass is 9.88. The minimum atomic E-state index is 0.120. The molecule has 1 aromatic carbocycles. The number of carbonyl (C=O) groups is 1. The summed E-state index contributed by atoms with van der Waals surface area (Å²) >= 11 is 0. The third-order valence-electron chi connectivity index (χ3n) is 5.29. The molecule has 1 saturated carbocycles. The Bertz CT molecular complexity index is 552. The van der Waals surface area contributed by atoms with E-state index in [1.54, 1.807) is 14.2 Å². The first kappa shape index (κ1) is 16.2. The molecular weight excluding hydrogens is 290 g/mol. The maximum Gasteiger partial charge on any atom is 0.226 e. The van der Waals surface area contributed by atoms with Gasteiger partial charge in [-0.1, -0.05) is 19.3 Å². The molecule has 126 valence electrons. The molecule has 1 aliphatic carbocycles. The summed E-state index contributed by atoms with van der Waals surface area (Å²) in [6.45, 7) is 0.861. The molecule has 4 nitrogen and oxygen atoms in total. The fraction of sp³-hybridized carbons (Fsp3) is 0.632. The molecule has 0 spiro atoms. The monoisotopic (exact) mass is 317 g/mol. The lowest BCUT2D eigenvalue weighted by Crippen LogP contribution is -2.36. The van der Waals surface area contributed by atoms with Crippen molar-refractivity contribution < 1.29 is 14.3 Å². The quantitative estimate of drug-likeness (QED) is 0.844. The Kier molecular flexibility index (Phi) is 5.09. The Hall–Kier alpha value is -1.71. The lowest BCUT2D eigenvalue weighted by molar-refractivity contribution is -0.137. The number of carbonyl (C=O) groups excluding carboxylic acids is 1. The predicted molar refractivity (Wildman–Crippen MR) is 89.8 cm³/mol. The molecule has 4 heteroatoms. The van der Waals surface area contributed by atoms with Crippen LogP contribution in [0.5, 0.6) is 11.5 Å². The SMILES string of the molecule is COc1ccc(OC)c(C2CCCN2C(=O)C2CCCCC2)c1. The topological polar surface area (TPSA) is 38.8 Å². The molecule has 1 atom stereocenters. The van der Waals surface area contributed by atoms with Gasteiger partial charge in [-0.15, -0.1) is 0 Å². The molecule has 23 heavy (non-hydrogen) atoms. The Morgan fingerprint density at radius 3 is 2.52 bits per heavy atom. The summed E-state index contributed by atoms with van der Waals surface area (Å²) < 4.78 is 10.9. The summed E-state index contributed by atoms with van der Waals surface area (Å²) in [6, 6.07) is 5.99. The lowest BCUT2D eigenvalue weighted by Gasteiger charge is -2.31.